The van der Waals surface area contributed by atoms with Crippen molar-refractivity contribution in [3.8, 4) is 0 Å². The van der Waals surface area contributed by atoms with Crippen LogP contribution in [-0.2, 0) is 26.2 Å². The smallest absolute Gasteiger partial charge is 0.264 e. The molecule has 0 fully saturated rings. The van der Waals surface area contributed by atoms with E-state index in [-0.39, 0.29) is 17.3 Å². The molecule has 0 aliphatic heterocycles. The number of benzene rings is 3. The van der Waals surface area contributed by atoms with Crippen molar-refractivity contribution in [2.45, 2.75) is 44.7 Å². The molecule has 0 heterocycles. The maximum Gasteiger partial charge on any atom is 0.264 e. The maximum atomic E-state index is 13.8. The van der Waals surface area contributed by atoms with Gasteiger partial charge in [-0.1, -0.05) is 73.2 Å². The molecule has 1 unspecified atom stereocenters. The molecule has 1 atom stereocenters. The molecule has 1 N–H and O–H groups in total. The summed E-state index contributed by atoms with van der Waals surface area (Å²) in [5, 5.41) is 2.81. The average Bonchev–Trinajstić information content (AvgIpc) is 2.88. The monoisotopic (exact) mass is 507 g/mol. The van der Waals surface area contributed by atoms with E-state index >= 15 is 0 Å². The molecule has 0 bridgehead atoms. The highest BCUT2D eigenvalue weighted by molar-refractivity contribution is 7.92. The number of nitrogens with zero attached hydrogens (tertiary/aromatic N) is 2. The number of likely N-dealkylation sites (N-methyl/N-ethyl adjacent to an activating group) is 1. The van der Waals surface area contributed by atoms with Crippen molar-refractivity contribution in [2.75, 3.05) is 17.4 Å². The van der Waals surface area contributed by atoms with E-state index in [0.717, 1.165) is 15.4 Å². The molecule has 8 heteroatoms. The molecule has 3 aromatic rings. The minimum atomic E-state index is -4.04. The average molecular weight is 508 g/mol. The summed E-state index contributed by atoms with van der Waals surface area (Å²) in [5.74, 6) is -0.726. The van der Waals surface area contributed by atoms with Gasteiger partial charge in [-0.05, 0) is 50.1 Å². The van der Waals surface area contributed by atoms with Crippen LogP contribution in [0.1, 0.15) is 31.4 Å². The predicted molar refractivity (Wildman–Crippen MR) is 142 cm³/mol. The van der Waals surface area contributed by atoms with Crippen LogP contribution in [0, 0.1) is 6.92 Å². The Labute approximate surface area is 213 Å². The summed E-state index contributed by atoms with van der Waals surface area (Å²) >= 11 is 0. The van der Waals surface area contributed by atoms with Crippen LogP contribution in [-0.4, -0.2) is 44.3 Å². The van der Waals surface area contributed by atoms with Gasteiger partial charge < -0.3 is 10.2 Å². The molecular weight excluding hydrogens is 474 g/mol. The summed E-state index contributed by atoms with van der Waals surface area (Å²) in [5.41, 5.74) is 2.27. The number of para-hydroxylation sites is 1. The summed E-state index contributed by atoms with van der Waals surface area (Å²) < 4.78 is 28.4. The number of aryl methyl sites for hydroxylation is 1. The SMILES string of the molecule is CCNC(=O)C(CC)N(Cc1cccc(C)c1)C(=O)CN(c1ccccc1)S(=O)(=O)c1ccccc1. The third kappa shape index (κ3) is 6.51. The van der Waals surface area contributed by atoms with Crippen LogP contribution in [0.3, 0.4) is 0 Å². The standard InChI is InChI=1S/C28H33N3O4S/c1-4-26(28(33)29-5-2)30(20-23-14-12-13-22(3)19-23)27(32)21-31(24-15-8-6-9-16-24)36(34,35)25-17-10-7-11-18-25/h6-19,26H,4-5,20-21H2,1-3H3,(H,29,33). The molecular formula is C28H33N3O4S. The van der Waals surface area contributed by atoms with Crippen LogP contribution < -0.4 is 9.62 Å². The van der Waals surface area contributed by atoms with Crippen molar-refractivity contribution in [3.63, 3.8) is 0 Å². The highest BCUT2D eigenvalue weighted by atomic mass is 32.2. The number of hydrogen-bond acceptors (Lipinski definition) is 4. The Bertz CT molecular complexity index is 1260. The quantitative estimate of drug-likeness (QED) is 0.423. The number of carbonyl (C=O) groups is 2. The van der Waals surface area contributed by atoms with Crippen molar-refractivity contribution in [1.82, 2.24) is 10.2 Å². The Balaban J connectivity index is 2.02. The van der Waals surface area contributed by atoms with E-state index in [0.29, 0.717) is 18.7 Å². The molecule has 190 valence electrons. The van der Waals surface area contributed by atoms with Gasteiger partial charge >= 0.3 is 0 Å². The van der Waals surface area contributed by atoms with Crippen LogP contribution >= 0.6 is 0 Å². The second-order valence-corrected chi connectivity index (χ2v) is 10.4. The predicted octanol–water partition coefficient (Wildman–Crippen LogP) is 4.13. The molecule has 0 aliphatic rings. The third-order valence-corrected chi connectivity index (χ3v) is 7.61. The molecule has 0 aliphatic carbocycles. The van der Waals surface area contributed by atoms with E-state index in [1.807, 2.05) is 45.0 Å². The van der Waals surface area contributed by atoms with Gasteiger partial charge in [-0.2, -0.15) is 0 Å². The lowest BCUT2D eigenvalue weighted by atomic mass is 10.1. The number of carbonyl (C=O) groups excluding carboxylic acids is 2. The number of sulfonamides is 1. The zero-order chi connectivity index (χ0) is 26.1. The summed E-state index contributed by atoms with van der Waals surface area (Å²) in [6.45, 7) is 5.79. The first kappa shape index (κ1) is 26.9. The highest BCUT2D eigenvalue weighted by Crippen LogP contribution is 2.24. The molecule has 0 aromatic heterocycles. The van der Waals surface area contributed by atoms with Crippen LogP contribution in [0.5, 0.6) is 0 Å². The summed E-state index contributed by atoms with van der Waals surface area (Å²) in [6, 6.07) is 23.5. The molecule has 3 aromatic carbocycles. The third-order valence-electron chi connectivity index (χ3n) is 5.83. The second-order valence-electron chi connectivity index (χ2n) is 8.49. The molecule has 0 radical (unpaired) electrons. The lowest BCUT2D eigenvalue weighted by Crippen LogP contribution is -2.52. The Morgan fingerprint density at radius 2 is 1.53 bits per heavy atom. The van der Waals surface area contributed by atoms with Crippen molar-refractivity contribution >= 4 is 27.5 Å². The lowest BCUT2D eigenvalue weighted by molar-refractivity contribution is -0.140. The number of rotatable bonds is 11. The minimum absolute atomic E-state index is 0.0858. The maximum absolute atomic E-state index is 13.8. The number of nitrogens with one attached hydrogen (secondary N) is 1. The minimum Gasteiger partial charge on any atom is -0.355 e. The highest BCUT2D eigenvalue weighted by Gasteiger charge is 2.33. The summed E-state index contributed by atoms with van der Waals surface area (Å²) in [6.07, 6.45) is 0.389. The van der Waals surface area contributed by atoms with Gasteiger partial charge in [-0.3, -0.25) is 13.9 Å². The van der Waals surface area contributed by atoms with Crippen molar-refractivity contribution in [1.29, 1.82) is 0 Å². The molecule has 3 rings (SSSR count). The molecule has 0 saturated carbocycles. The van der Waals surface area contributed by atoms with Crippen LogP contribution in [0.2, 0.25) is 0 Å². The van der Waals surface area contributed by atoms with Crippen molar-refractivity contribution in [2.24, 2.45) is 0 Å². The first-order chi connectivity index (χ1) is 17.3. The fraction of sp³-hybridized carbons (Fsp3) is 0.286. The van der Waals surface area contributed by atoms with Gasteiger partial charge in [0.2, 0.25) is 11.8 Å². The molecule has 36 heavy (non-hydrogen) atoms. The lowest BCUT2D eigenvalue weighted by Gasteiger charge is -2.33. The molecule has 2 amide bonds. The normalized spacial score (nSPS) is 12.0. The van der Waals surface area contributed by atoms with E-state index in [1.165, 1.54) is 17.0 Å². The van der Waals surface area contributed by atoms with Crippen molar-refractivity contribution < 1.29 is 18.0 Å². The first-order valence-corrected chi connectivity index (χ1v) is 13.5. The fourth-order valence-corrected chi connectivity index (χ4v) is 5.50. The second kappa shape index (κ2) is 12.4. The van der Waals surface area contributed by atoms with E-state index in [4.69, 9.17) is 0 Å². The van der Waals surface area contributed by atoms with Gasteiger partial charge in [0.1, 0.15) is 12.6 Å². The zero-order valence-corrected chi connectivity index (χ0v) is 21.7. The largest absolute Gasteiger partial charge is 0.355 e. The summed E-state index contributed by atoms with van der Waals surface area (Å²) in [4.78, 5) is 28.3. The number of anilines is 1. The number of amides is 2. The fourth-order valence-electron chi connectivity index (χ4n) is 4.06. The van der Waals surface area contributed by atoms with Crippen LogP contribution in [0.4, 0.5) is 5.69 Å². The molecule has 0 saturated heterocycles. The van der Waals surface area contributed by atoms with E-state index in [9.17, 15) is 18.0 Å². The Morgan fingerprint density at radius 1 is 0.889 bits per heavy atom. The van der Waals surface area contributed by atoms with Gasteiger partial charge in [0.25, 0.3) is 10.0 Å². The first-order valence-electron chi connectivity index (χ1n) is 12.0. The molecule has 7 nitrogen and oxygen atoms in total. The van der Waals surface area contributed by atoms with Gasteiger partial charge in [-0.15, -0.1) is 0 Å². The van der Waals surface area contributed by atoms with Gasteiger partial charge in [0.05, 0.1) is 10.6 Å². The topological polar surface area (TPSA) is 86.8 Å². The zero-order valence-electron chi connectivity index (χ0n) is 20.9. The van der Waals surface area contributed by atoms with E-state index in [2.05, 4.69) is 5.32 Å². The Hall–Kier alpha value is -3.65. The Kier molecular flexibility index (Phi) is 9.25. The van der Waals surface area contributed by atoms with Gasteiger partial charge in [0, 0.05) is 13.1 Å². The number of hydrogen-bond donors (Lipinski definition) is 1. The van der Waals surface area contributed by atoms with E-state index in [1.54, 1.807) is 48.5 Å². The molecule has 0 spiro atoms. The summed E-state index contributed by atoms with van der Waals surface area (Å²) in [7, 11) is -4.04. The van der Waals surface area contributed by atoms with Gasteiger partial charge in [0.15, 0.2) is 0 Å². The Morgan fingerprint density at radius 3 is 2.11 bits per heavy atom. The van der Waals surface area contributed by atoms with Crippen LogP contribution in [0.15, 0.2) is 89.8 Å². The van der Waals surface area contributed by atoms with Crippen molar-refractivity contribution in [3.05, 3.63) is 96.1 Å². The van der Waals surface area contributed by atoms with E-state index < -0.39 is 28.5 Å². The van der Waals surface area contributed by atoms with Gasteiger partial charge in [-0.25, -0.2) is 8.42 Å². The van der Waals surface area contributed by atoms with Crippen LogP contribution in [0.25, 0.3) is 0 Å².